The minimum absolute atomic E-state index is 0.300. The molecule has 0 radical (unpaired) electrons. The number of nitrogens with zero attached hydrogens (tertiary/aromatic N) is 4. The largest absolute Gasteiger partial charge is 0.281 e. The van der Waals surface area contributed by atoms with Crippen LogP contribution in [-0.4, -0.2) is 19.5 Å². The van der Waals surface area contributed by atoms with Crippen LogP contribution in [0.3, 0.4) is 0 Å². The van der Waals surface area contributed by atoms with Gasteiger partial charge < -0.3 is 0 Å². The number of nitro groups is 1. The van der Waals surface area contributed by atoms with Crippen molar-refractivity contribution in [1.82, 2.24) is 14.6 Å². The van der Waals surface area contributed by atoms with Crippen LogP contribution >= 0.6 is 0 Å². The number of pyridine rings is 1. The van der Waals surface area contributed by atoms with Crippen LogP contribution in [-0.2, 0) is 6.54 Å². The predicted octanol–water partition coefficient (Wildman–Crippen LogP) is 0.506. The Morgan fingerprint density at radius 1 is 1.46 bits per heavy atom. The van der Waals surface area contributed by atoms with Gasteiger partial charge in [-0.15, -0.1) is 10.2 Å². The molecule has 13 heavy (non-hydrogen) atoms. The highest BCUT2D eigenvalue weighted by atomic mass is 16.6. The standard InChI is InChI=1S/C7H6N4O2/c12-11(13)5-7-9-8-6-3-1-2-4-10(6)7/h1-4H,5H2. The van der Waals surface area contributed by atoms with Crippen LogP contribution < -0.4 is 0 Å². The van der Waals surface area contributed by atoms with E-state index in [1.165, 1.54) is 0 Å². The van der Waals surface area contributed by atoms with Gasteiger partial charge >= 0.3 is 0 Å². The SMILES string of the molecule is O=[N+]([O-])Cc1nnc2ccccn12. The lowest BCUT2D eigenvalue weighted by Crippen LogP contribution is -2.02. The third kappa shape index (κ3) is 1.33. The molecule has 0 aliphatic heterocycles. The second kappa shape index (κ2) is 2.81. The molecule has 0 aromatic carbocycles. The van der Waals surface area contributed by atoms with E-state index < -0.39 is 4.92 Å². The highest BCUT2D eigenvalue weighted by Gasteiger charge is 2.09. The lowest BCUT2D eigenvalue weighted by atomic mass is 10.4. The minimum Gasteiger partial charge on any atom is -0.281 e. The molecule has 2 aromatic heterocycles. The van der Waals surface area contributed by atoms with Gasteiger partial charge in [0.25, 0.3) is 6.54 Å². The molecule has 66 valence electrons. The molecule has 0 atom stereocenters. The Bertz CT molecular complexity index is 450. The molecule has 2 rings (SSSR count). The van der Waals surface area contributed by atoms with Crippen LogP contribution in [0.1, 0.15) is 5.82 Å². The smallest absolute Gasteiger partial charge is 0.263 e. The second-order valence-corrected chi connectivity index (χ2v) is 2.54. The molecule has 0 saturated carbocycles. The summed E-state index contributed by atoms with van der Waals surface area (Å²) in [6.07, 6.45) is 1.70. The molecule has 2 heterocycles. The molecule has 0 unspecified atom stereocenters. The predicted molar refractivity (Wildman–Crippen MR) is 43.7 cm³/mol. The molecule has 6 heteroatoms. The van der Waals surface area contributed by atoms with E-state index >= 15 is 0 Å². The van der Waals surface area contributed by atoms with Crippen molar-refractivity contribution in [3.8, 4) is 0 Å². The molecule has 0 aliphatic rings. The van der Waals surface area contributed by atoms with Gasteiger partial charge in [0.05, 0.1) is 0 Å². The van der Waals surface area contributed by atoms with E-state index in [0.717, 1.165) is 0 Å². The number of fused-ring (bicyclic) bond motifs is 1. The molecule has 0 spiro atoms. The zero-order valence-corrected chi connectivity index (χ0v) is 6.62. The van der Waals surface area contributed by atoms with Gasteiger partial charge in [-0.2, -0.15) is 0 Å². The summed E-state index contributed by atoms with van der Waals surface area (Å²) in [7, 11) is 0. The van der Waals surface area contributed by atoms with Gasteiger partial charge in [-0.3, -0.25) is 14.5 Å². The zero-order valence-electron chi connectivity index (χ0n) is 6.62. The summed E-state index contributed by atoms with van der Waals surface area (Å²) < 4.78 is 1.60. The second-order valence-electron chi connectivity index (χ2n) is 2.54. The Hall–Kier alpha value is -1.98. The maximum atomic E-state index is 10.2. The zero-order chi connectivity index (χ0) is 9.26. The molecule has 0 amide bonds. The summed E-state index contributed by atoms with van der Waals surface area (Å²) in [6, 6.07) is 5.33. The number of hydrogen-bond donors (Lipinski definition) is 0. The molecule has 0 saturated heterocycles. The number of rotatable bonds is 2. The summed E-state index contributed by atoms with van der Waals surface area (Å²) in [6.45, 7) is -0.300. The highest BCUT2D eigenvalue weighted by Crippen LogP contribution is 2.02. The summed E-state index contributed by atoms with van der Waals surface area (Å²) in [5.74, 6) is 0.348. The van der Waals surface area contributed by atoms with Crippen molar-refractivity contribution >= 4 is 5.65 Å². The van der Waals surface area contributed by atoms with Gasteiger partial charge in [-0.1, -0.05) is 6.07 Å². The third-order valence-corrected chi connectivity index (χ3v) is 1.65. The fourth-order valence-electron chi connectivity index (χ4n) is 1.11. The molecule has 0 bridgehead atoms. The van der Waals surface area contributed by atoms with Gasteiger partial charge in [0.15, 0.2) is 5.65 Å². The van der Waals surface area contributed by atoms with E-state index in [9.17, 15) is 10.1 Å². The van der Waals surface area contributed by atoms with Crippen molar-refractivity contribution in [3.63, 3.8) is 0 Å². The summed E-state index contributed by atoms with van der Waals surface area (Å²) in [5.41, 5.74) is 0.624. The van der Waals surface area contributed by atoms with Gasteiger partial charge in [0, 0.05) is 11.1 Å². The fourth-order valence-corrected chi connectivity index (χ4v) is 1.11. The topological polar surface area (TPSA) is 73.3 Å². The van der Waals surface area contributed by atoms with Gasteiger partial charge in [-0.25, -0.2) is 0 Å². The van der Waals surface area contributed by atoms with E-state index in [1.807, 2.05) is 0 Å². The lowest BCUT2D eigenvalue weighted by molar-refractivity contribution is -0.498. The number of aromatic nitrogens is 3. The molecule has 0 aliphatic carbocycles. The van der Waals surface area contributed by atoms with Crippen LogP contribution in [0, 0.1) is 10.1 Å². The monoisotopic (exact) mass is 178 g/mol. The molecule has 6 nitrogen and oxygen atoms in total. The van der Waals surface area contributed by atoms with E-state index in [-0.39, 0.29) is 6.54 Å². The van der Waals surface area contributed by atoms with Crippen LogP contribution in [0.2, 0.25) is 0 Å². The molecule has 2 aromatic rings. The average Bonchev–Trinajstić information content (AvgIpc) is 2.48. The van der Waals surface area contributed by atoms with Crippen molar-refractivity contribution in [2.45, 2.75) is 6.54 Å². The minimum atomic E-state index is -0.427. The first-order valence-electron chi connectivity index (χ1n) is 3.68. The summed E-state index contributed by atoms with van der Waals surface area (Å²) >= 11 is 0. The van der Waals surface area contributed by atoms with E-state index in [4.69, 9.17) is 0 Å². The highest BCUT2D eigenvalue weighted by molar-refractivity contribution is 5.36. The average molecular weight is 178 g/mol. The molecule has 0 N–H and O–H groups in total. The van der Waals surface area contributed by atoms with Crippen LogP contribution in [0.15, 0.2) is 24.4 Å². The van der Waals surface area contributed by atoms with Crippen molar-refractivity contribution < 1.29 is 4.92 Å². The summed E-state index contributed by atoms with van der Waals surface area (Å²) in [5, 5.41) is 17.7. The number of hydrogen-bond acceptors (Lipinski definition) is 4. The van der Waals surface area contributed by atoms with Crippen molar-refractivity contribution in [2.75, 3.05) is 0 Å². The Labute approximate surface area is 73.0 Å². The van der Waals surface area contributed by atoms with Gasteiger partial charge in [-0.05, 0) is 12.1 Å². The first-order valence-corrected chi connectivity index (χ1v) is 3.68. The van der Waals surface area contributed by atoms with Crippen LogP contribution in [0.25, 0.3) is 5.65 Å². The Balaban J connectivity index is 2.51. The Morgan fingerprint density at radius 2 is 2.31 bits per heavy atom. The lowest BCUT2D eigenvalue weighted by Gasteiger charge is -1.92. The molecular weight excluding hydrogens is 172 g/mol. The maximum Gasteiger partial charge on any atom is 0.263 e. The van der Waals surface area contributed by atoms with Crippen LogP contribution in [0.5, 0.6) is 0 Å². The fraction of sp³-hybridized carbons (Fsp3) is 0.143. The first-order chi connectivity index (χ1) is 6.27. The van der Waals surface area contributed by atoms with E-state index in [1.54, 1.807) is 28.8 Å². The van der Waals surface area contributed by atoms with E-state index in [0.29, 0.717) is 11.5 Å². The van der Waals surface area contributed by atoms with E-state index in [2.05, 4.69) is 10.2 Å². The Morgan fingerprint density at radius 3 is 3.08 bits per heavy atom. The van der Waals surface area contributed by atoms with Gasteiger partial charge in [0.2, 0.25) is 5.82 Å². The quantitative estimate of drug-likeness (QED) is 0.496. The molecule has 0 fully saturated rings. The maximum absolute atomic E-state index is 10.2. The summed E-state index contributed by atoms with van der Waals surface area (Å²) in [4.78, 5) is 9.81. The van der Waals surface area contributed by atoms with Gasteiger partial charge in [0.1, 0.15) is 0 Å². The van der Waals surface area contributed by atoms with Crippen LogP contribution in [0.4, 0.5) is 0 Å². The van der Waals surface area contributed by atoms with Crippen molar-refractivity contribution in [3.05, 3.63) is 40.3 Å². The molecular formula is C7H6N4O2. The Kier molecular flexibility index (Phi) is 1.66. The van der Waals surface area contributed by atoms with Crippen molar-refractivity contribution in [1.29, 1.82) is 0 Å². The third-order valence-electron chi connectivity index (χ3n) is 1.65. The van der Waals surface area contributed by atoms with Crippen molar-refractivity contribution in [2.24, 2.45) is 0 Å². The first kappa shape index (κ1) is 7.66. The normalized spacial score (nSPS) is 10.5.